The van der Waals surface area contributed by atoms with Crippen LogP contribution in [0.5, 0.6) is 0 Å². The summed E-state index contributed by atoms with van der Waals surface area (Å²) in [5, 5.41) is 6.43. The molecule has 5 rings (SSSR count). The van der Waals surface area contributed by atoms with Gasteiger partial charge in [0.05, 0.1) is 18.5 Å². The van der Waals surface area contributed by atoms with Crippen molar-refractivity contribution in [1.82, 2.24) is 19.5 Å². The number of imidazole rings is 1. The summed E-state index contributed by atoms with van der Waals surface area (Å²) in [6.07, 6.45) is 5.20. The van der Waals surface area contributed by atoms with Gasteiger partial charge in [-0.2, -0.15) is 4.98 Å². The number of fused-ring (bicyclic) bond motifs is 1. The molecule has 1 amide bonds. The lowest BCUT2D eigenvalue weighted by molar-refractivity contribution is -0.122. The standard InChI is InChI=1S/C24H29F2N7O2/c1-13-12-35-9-8-18(13)29-23-28-11-20-22(32-23)33(16-5-2-14(3-6-16)21(27)34)24(31-20)30-19-7-4-15(25)10-17(19)26/h4,7,10-11,13-14,16,18H,2-3,5-6,8-9,12H2,1H3,(H2,27,34)(H,30,31)(H,28,29,32)/t13?,14-,16+,18?. The van der Waals surface area contributed by atoms with E-state index in [9.17, 15) is 13.6 Å². The summed E-state index contributed by atoms with van der Waals surface area (Å²) in [5.41, 5.74) is 6.79. The Morgan fingerprint density at radius 1 is 1.17 bits per heavy atom. The summed E-state index contributed by atoms with van der Waals surface area (Å²) in [4.78, 5) is 25.5. The molecule has 1 aliphatic heterocycles. The highest BCUT2D eigenvalue weighted by atomic mass is 19.1. The zero-order chi connectivity index (χ0) is 24.5. The van der Waals surface area contributed by atoms with Crippen LogP contribution >= 0.6 is 0 Å². The minimum absolute atomic E-state index is 0.0219. The summed E-state index contributed by atoms with van der Waals surface area (Å²) in [6.45, 7) is 3.48. The first-order valence-electron chi connectivity index (χ1n) is 12.0. The van der Waals surface area contributed by atoms with E-state index >= 15 is 0 Å². The SMILES string of the molecule is CC1COCCC1Nc1ncc2nc(Nc3ccc(F)cc3F)n([C@H]3CC[C@@H](C(N)=O)CC3)c2n1. The van der Waals surface area contributed by atoms with Gasteiger partial charge < -0.3 is 21.1 Å². The van der Waals surface area contributed by atoms with E-state index < -0.39 is 11.6 Å². The minimum Gasteiger partial charge on any atom is -0.381 e. The highest BCUT2D eigenvalue weighted by molar-refractivity contribution is 5.78. The van der Waals surface area contributed by atoms with E-state index in [1.807, 2.05) is 4.57 Å². The highest BCUT2D eigenvalue weighted by Gasteiger charge is 2.30. The van der Waals surface area contributed by atoms with Crippen LogP contribution in [-0.2, 0) is 9.53 Å². The monoisotopic (exact) mass is 485 g/mol. The van der Waals surface area contributed by atoms with E-state index in [0.717, 1.165) is 12.5 Å². The van der Waals surface area contributed by atoms with Gasteiger partial charge in [-0.1, -0.05) is 6.92 Å². The number of anilines is 3. The normalized spacial score (nSPS) is 24.9. The predicted octanol–water partition coefficient (Wildman–Crippen LogP) is 3.90. The highest BCUT2D eigenvalue weighted by Crippen LogP contribution is 2.37. The molecule has 2 aromatic heterocycles. The molecule has 2 fully saturated rings. The molecule has 1 saturated carbocycles. The third-order valence-corrected chi connectivity index (χ3v) is 7.03. The molecule has 2 aliphatic rings. The second-order valence-electron chi connectivity index (χ2n) is 9.46. The quantitative estimate of drug-likeness (QED) is 0.484. The largest absolute Gasteiger partial charge is 0.381 e. The lowest BCUT2D eigenvalue weighted by Crippen LogP contribution is -2.36. The van der Waals surface area contributed by atoms with Crippen molar-refractivity contribution < 1.29 is 18.3 Å². The van der Waals surface area contributed by atoms with Crippen molar-refractivity contribution in [3.8, 4) is 0 Å². The van der Waals surface area contributed by atoms with Crippen LogP contribution in [0.15, 0.2) is 24.4 Å². The van der Waals surface area contributed by atoms with Crippen molar-refractivity contribution in [1.29, 1.82) is 0 Å². The summed E-state index contributed by atoms with van der Waals surface area (Å²) < 4.78 is 35.3. The van der Waals surface area contributed by atoms with Crippen LogP contribution in [0.25, 0.3) is 11.2 Å². The number of amides is 1. The topological polar surface area (TPSA) is 120 Å². The Bertz CT molecular complexity index is 1230. The van der Waals surface area contributed by atoms with Gasteiger partial charge >= 0.3 is 0 Å². The molecule has 1 aromatic carbocycles. The van der Waals surface area contributed by atoms with Crippen LogP contribution in [-0.4, -0.2) is 44.7 Å². The molecule has 1 saturated heterocycles. The molecule has 3 aromatic rings. The summed E-state index contributed by atoms with van der Waals surface area (Å²) in [7, 11) is 0. The minimum atomic E-state index is -0.719. The van der Waals surface area contributed by atoms with Crippen LogP contribution in [0, 0.1) is 23.5 Å². The maximum Gasteiger partial charge on any atom is 0.224 e. The molecule has 2 atom stereocenters. The molecule has 11 heteroatoms. The van der Waals surface area contributed by atoms with Crippen LogP contribution in [0.3, 0.4) is 0 Å². The predicted molar refractivity (Wildman–Crippen MR) is 127 cm³/mol. The fourth-order valence-corrected chi connectivity index (χ4v) is 4.98. The molecule has 3 heterocycles. The first-order chi connectivity index (χ1) is 16.9. The summed E-state index contributed by atoms with van der Waals surface area (Å²) >= 11 is 0. The molecule has 186 valence electrons. The number of halogens is 2. The molecule has 0 radical (unpaired) electrons. The molecule has 9 nitrogen and oxygen atoms in total. The van der Waals surface area contributed by atoms with Gasteiger partial charge in [0.2, 0.25) is 17.8 Å². The third kappa shape index (κ3) is 4.90. The van der Waals surface area contributed by atoms with Crippen LogP contribution < -0.4 is 16.4 Å². The zero-order valence-corrected chi connectivity index (χ0v) is 19.5. The Balaban J connectivity index is 1.50. The number of nitrogens with one attached hydrogen (secondary N) is 2. The Morgan fingerprint density at radius 3 is 2.69 bits per heavy atom. The van der Waals surface area contributed by atoms with Crippen LogP contribution in [0.4, 0.5) is 26.4 Å². The van der Waals surface area contributed by atoms with E-state index in [2.05, 4.69) is 27.5 Å². The molecule has 2 unspecified atom stereocenters. The van der Waals surface area contributed by atoms with Gasteiger partial charge in [-0.15, -0.1) is 0 Å². The number of carbonyl (C=O) groups excluding carboxylic acids is 1. The number of benzene rings is 1. The summed E-state index contributed by atoms with van der Waals surface area (Å²) in [5.74, 6) is -0.630. The average Bonchev–Trinajstić information content (AvgIpc) is 3.19. The lowest BCUT2D eigenvalue weighted by atomic mass is 9.85. The molecule has 35 heavy (non-hydrogen) atoms. The van der Waals surface area contributed by atoms with Gasteiger partial charge in [-0.05, 0) is 50.2 Å². The van der Waals surface area contributed by atoms with E-state index in [1.165, 1.54) is 12.1 Å². The van der Waals surface area contributed by atoms with E-state index in [4.69, 9.17) is 15.5 Å². The maximum absolute atomic E-state index is 14.4. The molecule has 0 bridgehead atoms. The molecular weight excluding hydrogens is 456 g/mol. The molecule has 1 aliphatic carbocycles. The summed E-state index contributed by atoms with van der Waals surface area (Å²) in [6, 6.07) is 3.52. The van der Waals surface area contributed by atoms with Crippen molar-refractivity contribution in [2.45, 2.75) is 51.1 Å². The Labute approximate surface area is 201 Å². The number of carbonyl (C=O) groups is 1. The van der Waals surface area contributed by atoms with E-state index in [0.29, 0.717) is 67.9 Å². The first kappa shape index (κ1) is 23.4. The third-order valence-electron chi connectivity index (χ3n) is 7.03. The number of hydrogen-bond acceptors (Lipinski definition) is 7. The average molecular weight is 486 g/mol. The second kappa shape index (κ2) is 9.73. The van der Waals surface area contributed by atoms with E-state index in [-0.39, 0.29) is 29.6 Å². The molecule has 0 spiro atoms. The molecule has 4 N–H and O–H groups in total. The number of primary amides is 1. The van der Waals surface area contributed by atoms with Crippen LogP contribution in [0.2, 0.25) is 0 Å². The van der Waals surface area contributed by atoms with Gasteiger partial charge in [-0.25, -0.2) is 18.7 Å². The van der Waals surface area contributed by atoms with Crippen molar-refractivity contribution in [2.24, 2.45) is 17.6 Å². The lowest BCUT2D eigenvalue weighted by Gasteiger charge is -2.30. The van der Waals surface area contributed by atoms with Gasteiger partial charge in [0, 0.05) is 30.7 Å². The van der Waals surface area contributed by atoms with E-state index in [1.54, 1.807) is 6.20 Å². The number of nitrogens with two attached hydrogens (primary N) is 1. The Kier molecular flexibility index (Phi) is 6.50. The number of aromatic nitrogens is 4. The van der Waals surface area contributed by atoms with Crippen molar-refractivity contribution in [2.75, 3.05) is 23.8 Å². The second-order valence-corrected chi connectivity index (χ2v) is 9.46. The van der Waals surface area contributed by atoms with Crippen molar-refractivity contribution in [3.05, 3.63) is 36.0 Å². The number of nitrogens with zero attached hydrogens (tertiary/aromatic N) is 4. The number of rotatable bonds is 6. The number of hydrogen-bond donors (Lipinski definition) is 3. The van der Waals surface area contributed by atoms with Crippen LogP contribution in [0.1, 0.15) is 45.1 Å². The Hall–Kier alpha value is -3.34. The van der Waals surface area contributed by atoms with Gasteiger partial charge in [0.25, 0.3) is 0 Å². The first-order valence-corrected chi connectivity index (χ1v) is 12.0. The van der Waals surface area contributed by atoms with Gasteiger partial charge in [0.1, 0.15) is 17.2 Å². The Morgan fingerprint density at radius 2 is 1.97 bits per heavy atom. The van der Waals surface area contributed by atoms with Gasteiger partial charge in [-0.3, -0.25) is 9.36 Å². The maximum atomic E-state index is 14.4. The van der Waals surface area contributed by atoms with Crippen molar-refractivity contribution >= 4 is 34.7 Å². The smallest absolute Gasteiger partial charge is 0.224 e. The van der Waals surface area contributed by atoms with Crippen molar-refractivity contribution in [3.63, 3.8) is 0 Å². The fourth-order valence-electron chi connectivity index (χ4n) is 4.98. The van der Waals surface area contributed by atoms with Gasteiger partial charge in [0.15, 0.2) is 5.65 Å². The zero-order valence-electron chi connectivity index (χ0n) is 19.5. The fraction of sp³-hybridized carbons (Fsp3) is 0.500. The molecular formula is C24H29F2N7O2. The number of ether oxygens (including phenoxy) is 1.